The van der Waals surface area contributed by atoms with Gasteiger partial charge in [0.1, 0.15) is 5.75 Å². The van der Waals surface area contributed by atoms with Gasteiger partial charge in [0.05, 0.1) is 13.2 Å². The molecule has 4 nitrogen and oxygen atoms in total. The van der Waals surface area contributed by atoms with Gasteiger partial charge < -0.3 is 9.64 Å². The van der Waals surface area contributed by atoms with Crippen LogP contribution < -0.4 is 4.74 Å². The maximum Gasteiger partial charge on any atom is 0.181 e. The van der Waals surface area contributed by atoms with E-state index in [1.54, 1.807) is 7.11 Å². The molecular weight excluding hydrogens is 240 g/mol. The molecule has 19 heavy (non-hydrogen) atoms. The quantitative estimate of drug-likeness (QED) is 0.773. The van der Waals surface area contributed by atoms with Crippen LogP contribution in [0.25, 0.3) is 0 Å². The van der Waals surface area contributed by atoms with Crippen LogP contribution in [-0.2, 0) is 0 Å². The van der Waals surface area contributed by atoms with Crippen molar-refractivity contribution in [1.29, 1.82) is 0 Å². The van der Waals surface area contributed by atoms with Crippen molar-refractivity contribution in [2.45, 2.75) is 12.5 Å². The van der Waals surface area contributed by atoms with Crippen molar-refractivity contribution < 1.29 is 9.53 Å². The van der Waals surface area contributed by atoms with Gasteiger partial charge in [-0.25, -0.2) is 0 Å². The number of ether oxygens (including phenoxy) is 1. The maximum atomic E-state index is 12.6. The van der Waals surface area contributed by atoms with E-state index in [0.717, 1.165) is 37.4 Å². The van der Waals surface area contributed by atoms with Crippen LogP contribution in [0.3, 0.4) is 0 Å². The SMILES string of the molecule is COc1ccc(C(=O)C2CN(C)CCCN2C)cc1. The fourth-order valence-electron chi connectivity index (χ4n) is 2.50. The molecule has 4 heteroatoms. The Morgan fingerprint density at radius 3 is 2.53 bits per heavy atom. The van der Waals surface area contributed by atoms with E-state index in [-0.39, 0.29) is 11.8 Å². The van der Waals surface area contributed by atoms with Gasteiger partial charge in [0, 0.05) is 12.1 Å². The second-order valence-corrected chi connectivity index (χ2v) is 5.20. The molecule has 0 bridgehead atoms. The lowest BCUT2D eigenvalue weighted by Crippen LogP contribution is -2.43. The van der Waals surface area contributed by atoms with Crippen LogP contribution >= 0.6 is 0 Å². The normalized spacial score (nSPS) is 21.9. The summed E-state index contributed by atoms with van der Waals surface area (Å²) in [7, 11) is 5.74. The minimum absolute atomic E-state index is 0.0547. The molecule has 1 fully saturated rings. The number of ketones is 1. The number of likely N-dealkylation sites (N-methyl/N-ethyl adjacent to an activating group) is 2. The number of carbonyl (C=O) groups is 1. The van der Waals surface area contributed by atoms with Gasteiger partial charge in [0.2, 0.25) is 0 Å². The Balaban J connectivity index is 2.15. The van der Waals surface area contributed by atoms with Crippen LogP contribution in [0.4, 0.5) is 0 Å². The first-order valence-corrected chi connectivity index (χ1v) is 6.69. The Morgan fingerprint density at radius 2 is 1.89 bits per heavy atom. The number of carbonyl (C=O) groups excluding carboxylic acids is 1. The van der Waals surface area contributed by atoms with Gasteiger partial charge in [-0.05, 0) is 57.9 Å². The highest BCUT2D eigenvalue weighted by molar-refractivity contribution is 6.00. The molecule has 1 saturated heterocycles. The number of benzene rings is 1. The van der Waals surface area contributed by atoms with E-state index in [1.807, 2.05) is 31.3 Å². The molecule has 1 atom stereocenters. The van der Waals surface area contributed by atoms with Crippen molar-refractivity contribution in [3.63, 3.8) is 0 Å². The second-order valence-electron chi connectivity index (χ2n) is 5.20. The first-order valence-electron chi connectivity index (χ1n) is 6.69. The van der Waals surface area contributed by atoms with Crippen molar-refractivity contribution in [2.75, 3.05) is 40.8 Å². The zero-order chi connectivity index (χ0) is 13.8. The van der Waals surface area contributed by atoms with Crippen LogP contribution in [0.5, 0.6) is 5.75 Å². The predicted octanol–water partition coefficient (Wildman–Crippen LogP) is 1.51. The highest BCUT2D eigenvalue weighted by Gasteiger charge is 2.27. The van der Waals surface area contributed by atoms with Gasteiger partial charge in [0.25, 0.3) is 0 Å². The Hall–Kier alpha value is -1.39. The number of hydrogen-bond acceptors (Lipinski definition) is 4. The summed E-state index contributed by atoms with van der Waals surface area (Å²) in [5.74, 6) is 0.974. The molecule has 0 radical (unpaired) electrons. The summed E-state index contributed by atoms with van der Waals surface area (Å²) < 4.78 is 5.12. The summed E-state index contributed by atoms with van der Waals surface area (Å²) in [6.07, 6.45) is 1.11. The van der Waals surface area contributed by atoms with Crippen LogP contribution in [-0.4, -0.2) is 62.5 Å². The first-order chi connectivity index (χ1) is 9.11. The average molecular weight is 262 g/mol. The first kappa shape index (κ1) is 14.0. The largest absolute Gasteiger partial charge is 0.497 e. The number of Topliss-reactive ketones (excluding diaryl/α,β-unsaturated/α-hetero) is 1. The maximum absolute atomic E-state index is 12.6. The van der Waals surface area contributed by atoms with Crippen molar-refractivity contribution >= 4 is 5.78 Å². The summed E-state index contributed by atoms with van der Waals surface area (Å²) in [5.41, 5.74) is 0.757. The Labute approximate surface area is 115 Å². The van der Waals surface area contributed by atoms with Gasteiger partial charge in [-0.1, -0.05) is 0 Å². The molecule has 0 N–H and O–H groups in total. The van der Waals surface area contributed by atoms with Crippen LogP contribution in [0, 0.1) is 0 Å². The molecule has 0 saturated carbocycles. The molecule has 1 aliphatic heterocycles. The third-order valence-corrected chi connectivity index (χ3v) is 3.74. The van der Waals surface area contributed by atoms with Crippen molar-refractivity contribution in [3.8, 4) is 5.75 Å². The fourth-order valence-corrected chi connectivity index (χ4v) is 2.50. The monoisotopic (exact) mass is 262 g/mol. The number of methoxy groups -OCH3 is 1. The highest BCUT2D eigenvalue weighted by Crippen LogP contribution is 2.16. The Kier molecular flexibility index (Phi) is 4.56. The molecule has 0 amide bonds. The molecule has 1 aromatic carbocycles. The van der Waals surface area contributed by atoms with E-state index >= 15 is 0 Å². The predicted molar refractivity (Wildman–Crippen MR) is 75.9 cm³/mol. The van der Waals surface area contributed by atoms with E-state index in [2.05, 4.69) is 16.8 Å². The fraction of sp³-hybridized carbons (Fsp3) is 0.533. The number of rotatable bonds is 3. The van der Waals surface area contributed by atoms with Crippen molar-refractivity contribution in [1.82, 2.24) is 9.80 Å². The molecule has 104 valence electrons. The van der Waals surface area contributed by atoms with E-state index in [1.165, 1.54) is 0 Å². The zero-order valence-electron chi connectivity index (χ0n) is 11.9. The van der Waals surface area contributed by atoms with E-state index in [9.17, 15) is 4.79 Å². The van der Waals surface area contributed by atoms with Crippen LogP contribution in [0.2, 0.25) is 0 Å². The smallest absolute Gasteiger partial charge is 0.181 e. The molecule has 1 heterocycles. The third kappa shape index (κ3) is 3.33. The second kappa shape index (κ2) is 6.17. The minimum atomic E-state index is -0.0547. The standard InChI is InChI=1S/C15H22N2O2/c1-16-9-4-10-17(2)14(11-16)15(18)12-5-7-13(19-3)8-6-12/h5-8,14H,4,9-11H2,1-3H3. The number of nitrogens with zero attached hydrogens (tertiary/aromatic N) is 2. The lowest BCUT2D eigenvalue weighted by molar-refractivity contribution is 0.0839. The van der Waals surface area contributed by atoms with Crippen LogP contribution in [0.1, 0.15) is 16.8 Å². The minimum Gasteiger partial charge on any atom is -0.497 e. The topological polar surface area (TPSA) is 32.8 Å². The third-order valence-electron chi connectivity index (χ3n) is 3.74. The van der Waals surface area contributed by atoms with Crippen molar-refractivity contribution in [2.24, 2.45) is 0 Å². The average Bonchev–Trinajstić information content (AvgIpc) is 2.60. The summed E-state index contributed by atoms with van der Waals surface area (Å²) >= 11 is 0. The summed E-state index contributed by atoms with van der Waals surface area (Å²) in [6, 6.07) is 7.32. The molecule has 0 aliphatic carbocycles. The van der Waals surface area contributed by atoms with Crippen LogP contribution in [0.15, 0.2) is 24.3 Å². The molecule has 1 unspecified atom stereocenters. The van der Waals surface area contributed by atoms with Crippen molar-refractivity contribution in [3.05, 3.63) is 29.8 Å². The summed E-state index contributed by atoms with van der Waals surface area (Å²) in [6.45, 7) is 2.81. The van der Waals surface area contributed by atoms with Gasteiger partial charge in [-0.15, -0.1) is 0 Å². The molecular formula is C15H22N2O2. The molecule has 0 spiro atoms. The zero-order valence-corrected chi connectivity index (χ0v) is 11.9. The van der Waals surface area contributed by atoms with E-state index in [0.29, 0.717) is 0 Å². The van der Waals surface area contributed by atoms with Gasteiger partial charge >= 0.3 is 0 Å². The Morgan fingerprint density at radius 1 is 1.21 bits per heavy atom. The number of hydrogen-bond donors (Lipinski definition) is 0. The molecule has 1 aromatic rings. The van der Waals surface area contributed by atoms with Gasteiger partial charge in [0.15, 0.2) is 5.78 Å². The Bertz CT molecular complexity index is 430. The summed E-state index contributed by atoms with van der Waals surface area (Å²) in [5, 5.41) is 0. The molecule has 2 rings (SSSR count). The van der Waals surface area contributed by atoms with E-state index < -0.39 is 0 Å². The van der Waals surface area contributed by atoms with E-state index in [4.69, 9.17) is 4.74 Å². The lowest BCUT2D eigenvalue weighted by atomic mass is 10.0. The molecule has 1 aliphatic rings. The molecule has 0 aromatic heterocycles. The van der Waals surface area contributed by atoms with Gasteiger partial charge in [-0.2, -0.15) is 0 Å². The highest BCUT2D eigenvalue weighted by atomic mass is 16.5. The summed E-state index contributed by atoms with van der Waals surface area (Å²) in [4.78, 5) is 17.0. The lowest BCUT2D eigenvalue weighted by Gasteiger charge is -2.26. The van der Waals surface area contributed by atoms with Gasteiger partial charge in [-0.3, -0.25) is 9.69 Å².